The fourth-order valence-electron chi connectivity index (χ4n) is 1.83. The Hall–Kier alpha value is -0.820. The van der Waals surface area contributed by atoms with E-state index < -0.39 is 0 Å². The van der Waals surface area contributed by atoms with Crippen LogP contribution in [0.1, 0.15) is 37.3 Å². The first-order chi connectivity index (χ1) is 6.33. The van der Waals surface area contributed by atoms with Gasteiger partial charge in [0.1, 0.15) is 16.2 Å². The van der Waals surface area contributed by atoms with Crippen molar-refractivity contribution in [1.29, 1.82) is 5.26 Å². The Morgan fingerprint density at radius 1 is 1.54 bits per heavy atom. The zero-order valence-corrected chi connectivity index (χ0v) is 8.79. The molecule has 1 saturated carbocycles. The van der Waals surface area contributed by atoms with Crippen molar-refractivity contribution in [2.24, 2.45) is 0 Å². The van der Waals surface area contributed by atoms with Crippen molar-refractivity contribution in [3.63, 3.8) is 0 Å². The second kappa shape index (κ2) is 3.51. The van der Waals surface area contributed by atoms with Crippen molar-refractivity contribution in [3.05, 3.63) is 16.4 Å². The number of hydrogen-bond acceptors (Lipinski definition) is 2. The van der Waals surface area contributed by atoms with E-state index in [0.717, 1.165) is 4.60 Å². The van der Waals surface area contributed by atoms with E-state index >= 15 is 0 Å². The quantitative estimate of drug-likeness (QED) is 0.757. The average Bonchev–Trinajstić information content (AvgIpc) is 2.72. The van der Waals surface area contributed by atoms with Crippen LogP contribution in [0.2, 0.25) is 0 Å². The molecular weight excluding hydrogens is 230 g/mol. The van der Waals surface area contributed by atoms with E-state index in [9.17, 15) is 0 Å². The summed E-state index contributed by atoms with van der Waals surface area (Å²) in [6.45, 7) is 0. The number of nitriles is 1. The summed E-state index contributed by atoms with van der Waals surface area (Å²) in [4.78, 5) is 0. The SMILES string of the molecule is N#Cc1cnn(C2CCCC2)c1Br. The molecule has 13 heavy (non-hydrogen) atoms. The Labute approximate surface area is 85.5 Å². The highest BCUT2D eigenvalue weighted by Crippen LogP contribution is 2.32. The van der Waals surface area contributed by atoms with Gasteiger partial charge in [0.25, 0.3) is 0 Å². The molecule has 1 fully saturated rings. The summed E-state index contributed by atoms with van der Waals surface area (Å²) < 4.78 is 2.77. The van der Waals surface area contributed by atoms with Gasteiger partial charge in [-0.05, 0) is 28.8 Å². The number of aromatic nitrogens is 2. The van der Waals surface area contributed by atoms with Crippen molar-refractivity contribution >= 4 is 15.9 Å². The van der Waals surface area contributed by atoms with Gasteiger partial charge >= 0.3 is 0 Å². The van der Waals surface area contributed by atoms with Gasteiger partial charge in [-0.2, -0.15) is 10.4 Å². The summed E-state index contributed by atoms with van der Waals surface area (Å²) >= 11 is 3.40. The molecule has 1 aliphatic carbocycles. The Bertz CT molecular complexity index is 344. The van der Waals surface area contributed by atoms with Crippen LogP contribution < -0.4 is 0 Å². The van der Waals surface area contributed by atoms with E-state index in [0.29, 0.717) is 11.6 Å². The van der Waals surface area contributed by atoms with Gasteiger partial charge in [0.2, 0.25) is 0 Å². The zero-order valence-electron chi connectivity index (χ0n) is 7.20. The Morgan fingerprint density at radius 3 is 2.77 bits per heavy atom. The summed E-state index contributed by atoms with van der Waals surface area (Å²) in [6.07, 6.45) is 6.55. The highest BCUT2D eigenvalue weighted by atomic mass is 79.9. The molecule has 68 valence electrons. The lowest BCUT2D eigenvalue weighted by Gasteiger charge is -2.10. The summed E-state index contributed by atoms with van der Waals surface area (Å²) in [5.41, 5.74) is 0.631. The third-order valence-corrected chi connectivity index (χ3v) is 3.32. The summed E-state index contributed by atoms with van der Waals surface area (Å²) in [5.74, 6) is 0. The predicted octanol–water partition coefficient (Wildman–Crippen LogP) is 2.63. The molecule has 0 atom stereocenters. The highest BCUT2D eigenvalue weighted by Gasteiger charge is 2.20. The number of hydrogen-bond donors (Lipinski definition) is 0. The topological polar surface area (TPSA) is 41.6 Å². The molecule has 0 amide bonds. The van der Waals surface area contributed by atoms with Gasteiger partial charge in [-0.15, -0.1) is 0 Å². The summed E-state index contributed by atoms with van der Waals surface area (Å²) in [6, 6.07) is 2.61. The molecule has 4 heteroatoms. The van der Waals surface area contributed by atoms with Crippen LogP contribution >= 0.6 is 15.9 Å². The first-order valence-corrected chi connectivity index (χ1v) is 5.25. The monoisotopic (exact) mass is 239 g/mol. The third-order valence-electron chi connectivity index (χ3n) is 2.53. The van der Waals surface area contributed by atoms with Crippen molar-refractivity contribution in [3.8, 4) is 6.07 Å². The van der Waals surface area contributed by atoms with Crippen molar-refractivity contribution < 1.29 is 0 Å². The maximum absolute atomic E-state index is 8.74. The van der Waals surface area contributed by atoms with Crippen molar-refractivity contribution in [2.45, 2.75) is 31.7 Å². The Morgan fingerprint density at radius 2 is 2.23 bits per heavy atom. The van der Waals surface area contributed by atoms with E-state index in [1.54, 1.807) is 6.20 Å². The largest absolute Gasteiger partial charge is 0.254 e. The van der Waals surface area contributed by atoms with Crippen LogP contribution in [-0.4, -0.2) is 9.78 Å². The van der Waals surface area contributed by atoms with Crippen molar-refractivity contribution in [1.82, 2.24) is 9.78 Å². The summed E-state index contributed by atoms with van der Waals surface area (Å²) in [7, 11) is 0. The number of nitrogens with zero attached hydrogens (tertiary/aromatic N) is 3. The number of halogens is 1. The fraction of sp³-hybridized carbons (Fsp3) is 0.556. The van der Waals surface area contributed by atoms with Gasteiger partial charge in [-0.3, -0.25) is 4.68 Å². The van der Waals surface area contributed by atoms with Crippen LogP contribution in [0.4, 0.5) is 0 Å². The molecule has 0 saturated heterocycles. The van der Waals surface area contributed by atoms with Gasteiger partial charge < -0.3 is 0 Å². The van der Waals surface area contributed by atoms with Gasteiger partial charge in [0.05, 0.1) is 12.2 Å². The minimum atomic E-state index is 0.497. The maximum Gasteiger partial charge on any atom is 0.122 e. The molecule has 0 N–H and O–H groups in total. The summed E-state index contributed by atoms with van der Waals surface area (Å²) in [5, 5.41) is 13.0. The van der Waals surface area contributed by atoms with E-state index in [-0.39, 0.29) is 0 Å². The normalized spacial score (nSPS) is 17.5. The lowest BCUT2D eigenvalue weighted by molar-refractivity contribution is 0.458. The van der Waals surface area contributed by atoms with Crippen LogP contribution in [0.15, 0.2) is 10.8 Å². The third kappa shape index (κ3) is 1.49. The van der Waals surface area contributed by atoms with Gasteiger partial charge in [-0.25, -0.2) is 0 Å². The highest BCUT2D eigenvalue weighted by molar-refractivity contribution is 9.10. The zero-order chi connectivity index (χ0) is 9.26. The molecule has 1 aromatic rings. The smallest absolute Gasteiger partial charge is 0.122 e. The molecule has 0 bridgehead atoms. The predicted molar refractivity (Wildman–Crippen MR) is 52.1 cm³/mol. The second-order valence-corrected chi connectivity index (χ2v) is 4.09. The molecular formula is C9H10BrN3. The van der Waals surface area contributed by atoms with Crippen LogP contribution in [0.3, 0.4) is 0 Å². The van der Waals surface area contributed by atoms with Crippen LogP contribution in [0.25, 0.3) is 0 Å². The van der Waals surface area contributed by atoms with Crippen LogP contribution in [0.5, 0.6) is 0 Å². The Kier molecular flexibility index (Phi) is 2.36. The lowest BCUT2D eigenvalue weighted by Crippen LogP contribution is -2.06. The molecule has 2 rings (SSSR count). The molecule has 0 aliphatic heterocycles. The van der Waals surface area contributed by atoms with Crippen LogP contribution in [-0.2, 0) is 0 Å². The fourth-order valence-corrected chi connectivity index (χ4v) is 2.40. The first kappa shape index (κ1) is 8.76. The molecule has 0 spiro atoms. The van der Waals surface area contributed by atoms with E-state index in [1.165, 1.54) is 25.7 Å². The van der Waals surface area contributed by atoms with Gasteiger partial charge in [0, 0.05) is 0 Å². The van der Waals surface area contributed by atoms with E-state index in [1.807, 2.05) is 4.68 Å². The average molecular weight is 240 g/mol. The molecule has 1 heterocycles. The van der Waals surface area contributed by atoms with Crippen molar-refractivity contribution in [2.75, 3.05) is 0 Å². The minimum Gasteiger partial charge on any atom is -0.254 e. The second-order valence-electron chi connectivity index (χ2n) is 3.34. The molecule has 1 aromatic heterocycles. The molecule has 1 aliphatic rings. The lowest BCUT2D eigenvalue weighted by atomic mass is 10.2. The standard InChI is InChI=1S/C9H10BrN3/c10-9-7(5-11)6-12-13(9)8-3-1-2-4-8/h6,8H,1-4H2. The van der Waals surface area contributed by atoms with Gasteiger partial charge in [0.15, 0.2) is 0 Å². The van der Waals surface area contributed by atoms with Gasteiger partial charge in [-0.1, -0.05) is 12.8 Å². The van der Waals surface area contributed by atoms with E-state index in [2.05, 4.69) is 27.1 Å². The Balaban J connectivity index is 2.30. The molecule has 0 radical (unpaired) electrons. The number of rotatable bonds is 1. The van der Waals surface area contributed by atoms with E-state index in [4.69, 9.17) is 5.26 Å². The molecule has 0 aromatic carbocycles. The minimum absolute atomic E-state index is 0.497. The first-order valence-electron chi connectivity index (χ1n) is 4.46. The maximum atomic E-state index is 8.74. The van der Waals surface area contributed by atoms with Crippen LogP contribution in [0, 0.1) is 11.3 Å². The molecule has 3 nitrogen and oxygen atoms in total. The molecule has 0 unspecified atom stereocenters.